The van der Waals surface area contributed by atoms with Crippen LogP contribution in [0.2, 0.25) is 0 Å². The van der Waals surface area contributed by atoms with Gasteiger partial charge >= 0.3 is 0 Å². The Labute approximate surface area is 355 Å². The number of rotatable bonds is 13. The minimum Gasteiger partial charge on any atom is -0.508 e. The van der Waals surface area contributed by atoms with Gasteiger partial charge in [-0.15, -0.1) is 0 Å². The van der Waals surface area contributed by atoms with Crippen LogP contribution in [0.15, 0.2) is 85.1 Å². The summed E-state index contributed by atoms with van der Waals surface area (Å²) in [5.74, 6) is -3.58. The molecule has 4 aromatic rings. The molecule has 3 heterocycles. The lowest BCUT2D eigenvalue weighted by molar-refractivity contribution is -0.142. The van der Waals surface area contributed by atoms with Gasteiger partial charge in [-0.25, -0.2) is 0 Å². The highest BCUT2D eigenvalue weighted by atomic mass is 16.3. The zero-order valence-electron chi connectivity index (χ0n) is 34.2. The lowest BCUT2D eigenvalue weighted by atomic mass is 10.00. The van der Waals surface area contributed by atoms with Crippen molar-refractivity contribution in [1.29, 1.82) is 0 Å². The molecule has 16 nitrogen and oxygen atoms in total. The third-order valence-corrected chi connectivity index (χ3v) is 11.4. The first kappa shape index (κ1) is 44.3. The van der Waals surface area contributed by atoms with E-state index in [1.807, 2.05) is 54.6 Å². The number of aromatic hydroxyl groups is 1. The summed E-state index contributed by atoms with van der Waals surface area (Å²) in [6, 6.07) is 16.1. The van der Waals surface area contributed by atoms with Crippen LogP contribution in [-0.2, 0) is 48.0 Å². The summed E-state index contributed by atoms with van der Waals surface area (Å²) in [7, 11) is 0. The summed E-state index contributed by atoms with van der Waals surface area (Å²) < 4.78 is 0. The van der Waals surface area contributed by atoms with Gasteiger partial charge in [-0.1, -0.05) is 60.7 Å². The minimum absolute atomic E-state index is 0.0130. The average Bonchev–Trinajstić information content (AvgIpc) is 3.92. The number of carbonyl (C=O) groups excluding carboxylic acids is 6. The quantitative estimate of drug-likeness (QED) is 0.0877. The molecule has 2 fully saturated rings. The predicted octanol–water partition coefficient (Wildman–Crippen LogP) is 1.20. The van der Waals surface area contributed by atoms with Crippen molar-refractivity contribution >= 4 is 46.3 Å². The Morgan fingerprint density at radius 2 is 1.11 bits per heavy atom. The molecule has 6 amide bonds. The highest BCUT2D eigenvalue weighted by Gasteiger charge is 2.40. The second-order valence-corrected chi connectivity index (χ2v) is 15.8. The number of hydrogen-bond donors (Lipinski definition) is 9. The van der Waals surface area contributed by atoms with Crippen LogP contribution in [0.1, 0.15) is 61.6 Å². The van der Waals surface area contributed by atoms with E-state index in [-0.39, 0.29) is 50.9 Å². The molecule has 6 atom stereocenters. The SMILES string of the molecule is NCCCC[C@@H]1NC(=O)[C@@H](Cc2c[nH]c3ccccc23)NC(=O)[C@H](Cc2ccc(O)cc2)NC(=O)[C@@H]2CCCN2C(=O)[C@H](Cc2ccccc2)NC(=O)[C@H](CCCN)NC1=O. The Hall–Kier alpha value is -6.26. The summed E-state index contributed by atoms with van der Waals surface area (Å²) in [4.78, 5) is 91.0. The third kappa shape index (κ3) is 11.7. The predicted molar refractivity (Wildman–Crippen MR) is 230 cm³/mol. The van der Waals surface area contributed by atoms with Crippen molar-refractivity contribution in [2.45, 2.75) is 100 Å². The number of nitrogens with two attached hydrogens (primary N) is 2. The molecule has 11 N–H and O–H groups in total. The largest absolute Gasteiger partial charge is 0.508 e. The number of phenols is 1. The molecule has 2 aliphatic heterocycles. The number of unbranched alkanes of at least 4 members (excludes halogenated alkanes) is 1. The number of nitrogens with one attached hydrogen (secondary N) is 6. The third-order valence-electron chi connectivity index (χ3n) is 11.4. The number of phenolic OH excluding ortho intramolecular Hbond substituents is 1. The average molecular weight is 836 g/mol. The molecule has 0 aliphatic carbocycles. The number of aromatic amines is 1. The van der Waals surface area contributed by atoms with E-state index in [0.29, 0.717) is 44.2 Å². The molecule has 61 heavy (non-hydrogen) atoms. The summed E-state index contributed by atoms with van der Waals surface area (Å²) in [6.07, 6.45) is 4.42. The molecule has 0 bridgehead atoms. The first-order valence-electron chi connectivity index (χ1n) is 21.1. The van der Waals surface area contributed by atoms with E-state index in [9.17, 15) is 33.9 Å². The molecule has 0 saturated carbocycles. The fourth-order valence-corrected chi connectivity index (χ4v) is 8.07. The molecule has 2 aliphatic rings. The van der Waals surface area contributed by atoms with Crippen LogP contribution in [0.5, 0.6) is 5.75 Å². The van der Waals surface area contributed by atoms with Crippen LogP contribution < -0.4 is 38.1 Å². The second-order valence-electron chi connectivity index (χ2n) is 15.8. The van der Waals surface area contributed by atoms with Gasteiger partial charge in [0.15, 0.2) is 0 Å². The molecular formula is C45H57N9O7. The molecular weight excluding hydrogens is 779 g/mol. The maximum atomic E-state index is 14.6. The van der Waals surface area contributed by atoms with Crippen LogP contribution in [0.4, 0.5) is 0 Å². The zero-order chi connectivity index (χ0) is 43.3. The van der Waals surface area contributed by atoms with E-state index in [0.717, 1.165) is 22.0 Å². The monoisotopic (exact) mass is 835 g/mol. The van der Waals surface area contributed by atoms with Crippen molar-refractivity contribution in [2.75, 3.05) is 19.6 Å². The fraction of sp³-hybridized carbons (Fsp3) is 0.422. The van der Waals surface area contributed by atoms with Gasteiger partial charge in [0, 0.05) is 42.9 Å². The molecule has 2 saturated heterocycles. The van der Waals surface area contributed by atoms with Crippen molar-refractivity contribution in [2.24, 2.45) is 11.5 Å². The maximum absolute atomic E-state index is 14.6. The highest BCUT2D eigenvalue weighted by molar-refractivity contribution is 5.99. The first-order chi connectivity index (χ1) is 29.5. The lowest BCUT2D eigenvalue weighted by Gasteiger charge is -2.32. The van der Waals surface area contributed by atoms with Crippen LogP contribution in [-0.4, -0.2) is 106 Å². The van der Waals surface area contributed by atoms with Gasteiger partial charge in [0.25, 0.3) is 0 Å². The van der Waals surface area contributed by atoms with Crippen LogP contribution >= 0.6 is 0 Å². The Kier molecular flexibility index (Phi) is 15.5. The van der Waals surface area contributed by atoms with Crippen LogP contribution in [0.3, 0.4) is 0 Å². The molecule has 3 aromatic carbocycles. The van der Waals surface area contributed by atoms with E-state index in [1.54, 1.807) is 18.3 Å². The lowest BCUT2D eigenvalue weighted by Crippen LogP contribution is -2.62. The summed E-state index contributed by atoms with van der Waals surface area (Å²) >= 11 is 0. The van der Waals surface area contributed by atoms with Gasteiger partial charge < -0.3 is 53.0 Å². The van der Waals surface area contributed by atoms with Gasteiger partial charge in [-0.2, -0.15) is 0 Å². The topological polar surface area (TPSA) is 254 Å². The van der Waals surface area contributed by atoms with Gasteiger partial charge in [0.2, 0.25) is 35.4 Å². The maximum Gasteiger partial charge on any atom is 0.246 e. The molecule has 0 radical (unpaired) electrons. The Bertz CT molecular complexity index is 2140. The smallest absolute Gasteiger partial charge is 0.246 e. The van der Waals surface area contributed by atoms with E-state index in [2.05, 4.69) is 31.6 Å². The molecule has 324 valence electrons. The Morgan fingerprint density at radius 1 is 0.574 bits per heavy atom. The van der Waals surface area contributed by atoms with E-state index < -0.39 is 71.7 Å². The summed E-state index contributed by atoms with van der Waals surface area (Å²) in [5, 5.41) is 25.2. The summed E-state index contributed by atoms with van der Waals surface area (Å²) in [5.41, 5.74) is 14.6. The van der Waals surface area contributed by atoms with Crippen molar-refractivity contribution in [3.05, 3.63) is 102 Å². The van der Waals surface area contributed by atoms with Gasteiger partial charge in [0.05, 0.1) is 0 Å². The molecule has 1 aromatic heterocycles. The van der Waals surface area contributed by atoms with Crippen LogP contribution in [0.25, 0.3) is 10.9 Å². The van der Waals surface area contributed by atoms with Crippen molar-refractivity contribution < 1.29 is 33.9 Å². The number of fused-ring (bicyclic) bond motifs is 2. The minimum atomic E-state index is -1.23. The van der Waals surface area contributed by atoms with Crippen molar-refractivity contribution in [1.82, 2.24) is 36.5 Å². The fourth-order valence-electron chi connectivity index (χ4n) is 8.07. The molecule has 16 heteroatoms. The van der Waals surface area contributed by atoms with E-state index in [4.69, 9.17) is 11.5 Å². The van der Waals surface area contributed by atoms with E-state index in [1.165, 1.54) is 17.0 Å². The zero-order valence-corrected chi connectivity index (χ0v) is 34.2. The number of H-pyrrole nitrogens is 1. The number of benzene rings is 3. The molecule has 0 unspecified atom stereocenters. The molecule has 0 spiro atoms. The van der Waals surface area contributed by atoms with Crippen molar-refractivity contribution in [3.8, 4) is 5.75 Å². The number of amides is 6. The normalized spacial score (nSPS) is 23.3. The standard InChI is InChI=1S/C45H57N9O7/c46-21-7-6-14-34-40(56)49-35(15-8-22-47)41(57)53-38(25-28-10-2-1-3-11-28)45(61)54-23-9-16-39(54)44(60)52-36(24-29-17-19-31(55)20-18-29)42(58)51-37(43(59)50-34)26-30-27-48-33-13-5-4-12-32(30)33/h1-5,10-13,17-20,27,34-39,48,55H,6-9,14-16,21-26,46-47H2,(H,49,56)(H,50,59)(H,51,58)(H,52,60)(H,53,57)/t34-,35-,36-,37+,38-,39-/m0/s1. The van der Waals surface area contributed by atoms with E-state index >= 15 is 0 Å². The van der Waals surface area contributed by atoms with Crippen molar-refractivity contribution in [3.63, 3.8) is 0 Å². The number of aromatic nitrogens is 1. The number of carbonyl (C=O) groups is 6. The van der Waals surface area contributed by atoms with Gasteiger partial charge in [-0.3, -0.25) is 28.8 Å². The van der Waals surface area contributed by atoms with Gasteiger partial charge in [-0.05, 0) is 92.9 Å². The number of nitrogens with zero attached hydrogens (tertiary/aromatic N) is 1. The Morgan fingerprint density at radius 3 is 1.80 bits per heavy atom. The molecule has 6 rings (SSSR count). The summed E-state index contributed by atoms with van der Waals surface area (Å²) in [6.45, 7) is 0.819. The number of para-hydroxylation sites is 1. The first-order valence-corrected chi connectivity index (χ1v) is 21.1. The van der Waals surface area contributed by atoms with Crippen LogP contribution in [0, 0.1) is 0 Å². The Balaban J connectivity index is 1.40. The highest BCUT2D eigenvalue weighted by Crippen LogP contribution is 2.23. The number of hydrogen-bond acceptors (Lipinski definition) is 9. The van der Waals surface area contributed by atoms with Gasteiger partial charge in [0.1, 0.15) is 42.0 Å². The second kappa shape index (κ2) is 21.3.